The average molecular weight is 405 g/mol. The first-order valence-electron chi connectivity index (χ1n) is 8.59. The summed E-state index contributed by atoms with van der Waals surface area (Å²) in [7, 11) is 3.35. The summed E-state index contributed by atoms with van der Waals surface area (Å²) in [5.41, 5.74) is 6.85. The Morgan fingerprint density at radius 1 is 1.25 bits per heavy atom. The molecular weight excluding hydrogens is 382 g/mol. The standard InChI is InChI=1S/C18H23N5O4S/c1-10-14(17(27)21-9-8-13(24)25)28-18(23(10)3)22-16(26)12-6-4-11(5-7-12)15(19)20-2/h4-7,10,14H,8-9H2,1-3H3,(H2,19,20)(H,21,27)(H,24,25). The highest BCUT2D eigenvalue weighted by atomic mass is 32.2. The summed E-state index contributed by atoms with van der Waals surface area (Å²) in [5, 5.41) is 11.2. The Kier molecular flexibility index (Phi) is 7.16. The number of amidine groups is 2. The third kappa shape index (κ3) is 5.10. The van der Waals surface area contributed by atoms with Crippen LogP contribution in [0.3, 0.4) is 0 Å². The number of aliphatic imine (C=N–C) groups is 2. The van der Waals surface area contributed by atoms with E-state index in [4.69, 9.17) is 10.8 Å². The van der Waals surface area contributed by atoms with Gasteiger partial charge < -0.3 is 21.1 Å². The van der Waals surface area contributed by atoms with Crippen LogP contribution in [0.5, 0.6) is 0 Å². The predicted octanol–water partition coefficient (Wildman–Crippen LogP) is 0.545. The molecule has 2 amide bonds. The molecule has 0 spiro atoms. The highest BCUT2D eigenvalue weighted by Crippen LogP contribution is 2.30. The molecule has 1 saturated heterocycles. The van der Waals surface area contributed by atoms with Crippen LogP contribution in [-0.4, -0.2) is 70.7 Å². The van der Waals surface area contributed by atoms with Gasteiger partial charge in [0, 0.05) is 37.8 Å². The fourth-order valence-corrected chi connectivity index (χ4v) is 3.77. The molecule has 0 saturated carbocycles. The number of rotatable bonds is 6. The summed E-state index contributed by atoms with van der Waals surface area (Å²) in [6.07, 6.45) is -0.143. The van der Waals surface area contributed by atoms with Gasteiger partial charge in [-0.05, 0) is 19.1 Å². The lowest BCUT2D eigenvalue weighted by Gasteiger charge is -2.19. The van der Waals surface area contributed by atoms with Gasteiger partial charge in [-0.3, -0.25) is 19.4 Å². The van der Waals surface area contributed by atoms with Crippen molar-refractivity contribution in [2.24, 2.45) is 15.7 Å². The molecule has 2 unspecified atom stereocenters. The zero-order valence-corrected chi connectivity index (χ0v) is 16.7. The van der Waals surface area contributed by atoms with Crippen LogP contribution >= 0.6 is 11.8 Å². The third-order valence-electron chi connectivity index (χ3n) is 4.35. The molecule has 2 atom stereocenters. The summed E-state index contributed by atoms with van der Waals surface area (Å²) >= 11 is 1.18. The monoisotopic (exact) mass is 405 g/mol. The van der Waals surface area contributed by atoms with Gasteiger partial charge in [0.1, 0.15) is 11.1 Å². The Bertz CT molecular complexity index is 822. The second-order valence-corrected chi connectivity index (χ2v) is 7.32. The van der Waals surface area contributed by atoms with Crippen LogP contribution in [0, 0.1) is 0 Å². The molecule has 1 aromatic rings. The number of aliphatic carboxylic acids is 1. The second kappa shape index (κ2) is 9.36. The molecule has 1 aliphatic rings. The Balaban J connectivity index is 2.07. The first kappa shape index (κ1) is 21.4. The molecule has 4 N–H and O–H groups in total. The fourth-order valence-electron chi connectivity index (χ4n) is 2.51. The Hall–Kier alpha value is -2.88. The molecule has 1 fully saturated rings. The van der Waals surface area contributed by atoms with Gasteiger partial charge in [-0.25, -0.2) is 0 Å². The van der Waals surface area contributed by atoms with Crippen molar-refractivity contribution in [2.45, 2.75) is 24.6 Å². The molecule has 1 heterocycles. The van der Waals surface area contributed by atoms with Gasteiger partial charge in [0.25, 0.3) is 5.91 Å². The lowest BCUT2D eigenvalue weighted by molar-refractivity contribution is -0.136. The van der Waals surface area contributed by atoms with E-state index < -0.39 is 17.1 Å². The highest BCUT2D eigenvalue weighted by molar-refractivity contribution is 8.15. The second-order valence-electron chi connectivity index (χ2n) is 6.21. The van der Waals surface area contributed by atoms with Gasteiger partial charge >= 0.3 is 5.97 Å². The maximum absolute atomic E-state index is 12.5. The van der Waals surface area contributed by atoms with E-state index >= 15 is 0 Å². The number of carboxylic acid groups (broad SMARTS) is 1. The van der Waals surface area contributed by atoms with E-state index in [-0.39, 0.29) is 24.9 Å². The van der Waals surface area contributed by atoms with E-state index in [2.05, 4.69) is 15.3 Å². The minimum Gasteiger partial charge on any atom is -0.481 e. The smallest absolute Gasteiger partial charge is 0.305 e. The van der Waals surface area contributed by atoms with Crippen molar-refractivity contribution < 1.29 is 19.5 Å². The van der Waals surface area contributed by atoms with Gasteiger partial charge in [-0.2, -0.15) is 4.99 Å². The molecule has 0 radical (unpaired) electrons. The van der Waals surface area contributed by atoms with E-state index in [9.17, 15) is 14.4 Å². The van der Waals surface area contributed by atoms with Crippen LogP contribution in [0.1, 0.15) is 29.3 Å². The van der Waals surface area contributed by atoms with Gasteiger partial charge in [0.15, 0.2) is 5.17 Å². The number of benzene rings is 1. The van der Waals surface area contributed by atoms with Gasteiger partial charge in [0.2, 0.25) is 5.91 Å². The number of amides is 2. The lowest BCUT2D eigenvalue weighted by Crippen LogP contribution is -2.41. The maximum atomic E-state index is 12.5. The van der Waals surface area contributed by atoms with Crippen molar-refractivity contribution in [3.05, 3.63) is 35.4 Å². The van der Waals surface area contributed by atoms with Crippen LogP contribution < -0.4 is 11.1 Å². The Morgan fingerprint density at radius 3 is 2.43 bits per heavy atom. The molecule has 28 heavy (non-hydrogen) atoms. The number of nitrogens with two attached hydrogens (primary N) is 1. The minimum absolute atomic E-state index is 0.0591. The highest BCUT2D eigenvalue weighted by Gasteiger charge is 2.39. The number of carbonyl (C=O) groups is 3. The Labute approximate surface area is 167 Å². The molecule has 1 aliphatic heterocycles. The van der Waals surface area contributed by atoms with Crippen molar-refractivity contribution in [1.29, 1.82) is 0 Å². The zero-order chi connectivity index (χ0) is 20.8. The van der Waals surface area contributed by atoms with E-state index in [0.717, 1.165) is 0 Å². The lowest BCUT2D eigenvalue weighted by atomic mass is 10.1. The van der Waals surface area contributed by atoms with Crippen molar-refractivity contribution >= 4 is 40.5 Å². The van der Waals surface area contributed by atoms with Crippen LogP contribution in [0.2, 0.25) is 0 Å². The number of nitrogens with one attached hydrogen (secondary N) is 1. The molecule has 0 bridgehead atoms. The fraction of sp³-hybridized carbons (Fsp3) is 0.389. The van der Waals surface area contributed by atoms with Gasteiger partial charge in [-0.1, -0.05) is 23.9 Å². The number of carbonyl (C=O) groups excluding carboxylic acids is 2. The number of thioether (sulfide) groups is 1. The van der Waals surface area contributed by atoms with Crippen LogP contribution in [0.25, 0.3) is 0 Å². The molecule has 1 aromatic carbocycles. The summed E-state index contributed by atoms with van der Waals surface area (Å²) in [6.45, 7) is 1.91. The van der Waals surface area contributed by atoms with Crippen molar-refractivity contribution in [2.75, 3.05) is 20.6 Å². The molecular formula is C18H23N5O4S. The number of hydrogen-bond donors (Lipinski definition) is 3. The third-order valence-corrected chi connectivity index (χ3v) is 5.80. The molecule has 10 heteroatoms. The van der Waals surface area contributed by atoms with E-state index in [1.807, 2.05) is 6.92 Å². The SMILES string of the molecule is CN=C(N)c1ccc(C(=O)N=C2SC(C(=O)NCCC(=O)O)C(C)N2C)cc1. The first-order valence-corrected chi connectivity index (χ1v) is 9.47. The number of nitrogens with zero attached hydrogens (tertiary/aromatic N) is 3. The quantitative estimate of drug-likeness (QED) is 0.464. The molecule has 0 aliphatic carbocycles. The maximum Gasteiger partial charge on any atom is 0.305 e. The normalized spacial score (nSPS) is 21.0. The summed E-state index contributed by atoms with van der Waals surface area (Å²) in [5.74, 6) is -1.30. The summed E-state index contributed by atoms with van der Waals surface area (Å²) < 4.78 is 0. The van der Waals surface area contributed by atoms with E-state index in [0.29, 0.717) is 22.1 Å². The minimum atomic E-state index is -0.977. The largest absolute Gasteiger partial charge is 0.481 e. The topological polar surface area (TPSA) is 137 Å². The first-order chi connectivity index (χ1) is 13.2. The zero-order valence-electron chi connectivity index (χ0n) is 15.9. The van der Waals surface area contributed by atoms with E-state index in [1.54, 1.807) is 43.3 Å². The molecule has 9 nitrogen and oxygen atoms in total. The number of hydrogen-bond acceptors (Lipinski definition) is 5. The van der Waals surface area contributed by atoms with Crippen molar-refractivity contribution in [1.82, 2.24) is 10.2 Å². The molecule has 150 valence electrons. The Morgan fingerprint density at radius 2 is 1.86 bits per heavy atom. The van der Waals surface area contributed by atoms with Crippen molar-refractivity contribution in [3.63, 3.8) is 0 Å². The van der Waals surface area contributed by atoms with Gasteiger partial charge in [-0.15, -0.1) is 0 Å². The van der Waals surface area contributed by atoms with Crippen molar-refractivity contribution in [3.8, 4) is 0 Å². The number of carboxylic acids is 1. The average Bonchev–Trinajstić information content (AvgIpc) is 2.95. The molecule has 2 rings (SSSR count). The predicted molar refractivity (Wildman–Crippen MR) is 109 cm³/mol. The molecule has 0 aromatic heterocycles. The van der Waals surface area contributed by atoms with Crippen LogP contribution in [-0.2, 0) is 9.59 Å². The van der Waals surface area contributed by atoms with Crippen LogP contribution in [0.4, 0.5) is 0 Å². The summed E-state index contributed by atoms with van der Waals surface area (Å²) in [6, 6.07) is 6.45. The van der Waals surface area contributed by atoms with E-state index in [1.165, 1.54) is 11.8 Å². The van der Waals surface area contributed by atoms with Gasteiger partial charge in [0.05, 0.1) is 6.42 Å². The van der Waals surface area contributed by atoms with Crippen LogP contribution in [0.15, 0.2) is 34.3 Å². The summed E-state index contributed by atoms with van der Waals surface area (Å²) in [4.78, 5) is 45.1.